The van der Waals surface area contributed by atoms with Gasteiger partial charge in [0, 0.05) is 12.3 Å². The number of aromatic nitrogens is 2. The molecule has 4 rings (SSSR count). The molecule has 0 saturated carbocycles. The number of carbonyl (C=O) groups excluding carboxylic acids is 1. The number of rotatable bonds is 10. The fourth-order valence-electron chi connectivity index (χ4n) is 4.23. The topological polar surface area (TPSA) is 167 Å². The van der Waals surface area contributed by atoms with Crippen LogP contribution in [-0.4, -0.2) is 63.3 Å². The number of hydrogen-bond donors (Lipinski definition) is 3. The van der Waals surface area contributed by atoms with Crippen LogP contribution in [0.3, 0.4) is 0 Å². The molecule has 2 fully saturated rings. The Bertz CT molecular complexity index is 1300. The van der Waals surface area contributed by atoms with Gasteiger partial charge in [0.25, 0.3) is 5.56 Å². The van der Waals surface area contributed by atoms with Crippen molar-refractivity contribution in [1.82, 2.24) is 14.6 Å². The van der Waals surface area contributed by atoms with Gasteiger partial charge in [0.05, 0.1) is 19.3 Å². The van der Waals surface area contributed by atoms with Crippen LogP contribution in [0.15, 0.2) is 52.2 Å². The molecule has 3 heterocycles. The van der Waals surface area contributed by atoms with Crippen molar-refractivity contribution in [1.29, 1.82) is 0 Å². The molecule has 1 unspecified atom stereocenters. The van der Waals surface area contributed by atoms with E-state index in [1.807, 2.05) is 0 Å². The van der Waals surface area contributed by atoms with Crippen molar-refractivity contribution in [3.05, 3.63) is 63.4 Å². The molecular weight excluding hydrogens is 509 g/mol. The van der Waals surface area contributed by atoms with Gasteiger partial charge in [-0.15, -0.1) is 0 Å². The van der Waals surface area contributed by atoms with E-state index in [-0.39, 0.29) is 12.4 Å². The molecule has 2 bridgehead atoms. The van der Waals surface area contributed by atoms with Crippen LogP contribution in [0.2, 0.25) is 0 Å². The van der Waals surface area contributed by atoms with Gasteiger partial charge in [-0.1, -0.05) is 18.2 Å². The Hall–Kier alpha value is -2.80. The van der Waals surface area contributed by atoms with Gasteiger partial charge in [-0.3, -0.25) is 23.7 Å². The van der Waals surface area contributed by atoms with Crippen LogP contribution in [0.25, 0.3) is 0 Å². The van der Waals surface area contributed by atoms with E-state index in [9.17, 15) is 24.1 Å². The van der Waals surface area contributed by atoms with Crippen LogP contribution in [0.1, 0.15) is 33.9 Å². The molecule has 2 saturated heterocycles. The van der Waals surface area contributed by atoms with Gasteiger partial charge in [0.1, 0.15) is 29.1 Å². The zero-order valence-electron chi connectivity index (χ0n) is 20.8. The first-order valence-corrected chi connectivity index (χ1v) is 13.2. The van der Waals surface area contributed by atoms with E-state index in [0.717, 1.165) is 10.6 Å². The zero-order chi connectivity index (χ0) is 27.0. The third-order valence-electron chi connectivity index (χ3n) is 6.11. The lowest BCUT2D eigenvalue weighted by Gasteiger charge is -2.34. The lowest BCUT2D eigenvalue weighted by Crippen LogP contribution is -2.46. The number of esters is 1. The molecule has 37 heavy (non-hydrogen) atoms. The van der Waals surface area contributed by atoms with Crippen molar-refractivity contribution < 1.29 is 37.7 Å². The number of aromatic amines is 1. The minimum Gasteiger partial charge on any atom is -0.462 e. The zero-order valence-corrected chi connectivity index (χ0v) is 21.7. The predicted octanol–water partition coefficient (Wildman–Crippen LogP) is 1.09. The summed E-state index contributed by atoms with van der Waals surface area (Å²) in [6.45, 7) is 5.73. The van der Waals surface area contributed by atoms with Gasteiger partial charge >= 0.3 is 19.4 Å². The number of nitrogens with one attached hydrogen (secondary N) is 2. The number of nitrogens with zero attached hydrogens (tertiary/aromatic N) is 1. The normalized spacial score (nSPS) is 29.1. The summed E-state index contributed by atoms with van der Waals surface area (Å²) in [6.07, 6.45) is -1.59. The molecule has 0 spiro atoms. The van der Waals surface area contributed by atoms with Gasteiger partial charge in [0.15, 0.2) is 6.23 Å². The lowest BCUT2D eigenvalue weighted by molar-refractivity contribution is -0.212. The molecule has 0 aliphatic carbocycles. The lowest BCUT2D eigenvalue weighted by atomic mass is 9.92. The Balaban J connectivity index is 1.57. The van der Waals surface area contributed by atoms with Crippen LogP contribution in [0.4, 0.5) is 0 Å². The Labute approximate surface area is 212 Å². The predicted molar refractivity (Wildman–Crippen MR) is 129 cm³/mol. The quantitative estimate of drug-likeness (QED) is 0.292. The highest BCUT2D eigenvalue weighted by Gasteiger charge is 2.69. The second kappa shape index (κ2) is 10.2. The van der Waals surface area contributed by atoms with Crippen LogP contribution in [-0.2, 0) is 28.1 Å². The third-order valence-corrected chi connectivity index (χ3v) is 7.74. The van der Waals surface area contributed by atoms with Gasteiger partial charge < -0.3 is 23.8 Å². The first-order valence-electron chi connectivity index (χ1n) is 11.7. The smallest absolute Gasteiger partial charge is 0.459 e. The van der Waals surface area contributed by atoms with E-state index in [1.54, 1.807) is 51.1 Å². The average Bonchev–Trinajstić information content (AvgIpc) is 3.20. The molecule has 3 N–H and O–H groups in total. The van der Waals surface area contributed by atoms with E-state index in [4.69, 9.17) is 23.3 Å². The Morgan fingerprint density at radius 1 is 1.27 bits per heavy atom. The summed E-state index contributed by atoms with van der Waals surface area (Å²) in [6, 6.07) is 8.26. The van der Waals surface area contributed by atoms with Crippen molar-refractivity contribution in [2.45, 2.75) is 63.4 Å². The van der Waals surface area contributed by atoms with Crippen LogP contribution in [0, 0.1) is 0 Å². The first-order chi connectivity index (χ1) is 17.4. The number of fused-ring (bicyclic) bond motifs is 2. The molecule has 2 aliphatic rings. The maximum atomic E-state index is 13.8. The number of benzene rings is 1. The fraction of sp³-hybridized carbons (Fsp3) is 0.522. The van der Waals surface area contributed by atoms with Crippen LogP contribution in [0.5, 0.6) is 5.75 Å². The molecule has 2 aromatic rings. The molecule has 1 aromatic carbocycles. The van der Waals surface area contributed by atoms with Gasteiger partial charge in [-0.05, 0) is 39.8 Å². The monoisotopic (exact) mass is 539 g/mol. The molecule has 1 aromatic heterocycles. The average molecular weight is 539 g/mol. The summed E-state index contributed by atoms with van der Waals surface area (Å²) >= 11 is 0. The second-order valence-electron chi connectivity index (χ2n) is 9.44. The summed E-state index contributed by atoms with van der Waals surface area (Å²) in [5.74, 6) is -0.460. The minimum absolute atomic E-state index is 0.143. The molecule has 2 aliphatic heterocycles. The molecule has 202 valence electrons. The molecule has 14 heteroatoms. The summed E-state index contributed by atoms with van der Waals surface area (Å²) < 4.78 is 43.3. The van der Waals surface area contributed by atoms with Gasteiger partial charge in [-0.2, -0.15) is 5.09 Å². The Kier molecular flexibility index (Phi) is 7.48. The second-order valence-corrected chi connectivity index (χ2v) is 11.1. The van der Waals surface area contributed by atoms with Crippen molar-refractivity contribution in [2.24, 2.45) is 0 Å². The number of ether oxygens (including phenoxy) is 3. The largest absolute Gasteiger partial charge is 0.462 e. The van der Waals surface area contributed by atoms with Crippen LogP contribution >= 0.6 is 7.75 Å². The number of hydrogen-bond acceptors (Lipinski definition) is 10. The molecule has 0 amide bonds. The number of H-pyrrole nitrogens is 1. The van der Waals surface area contributed by atoms with Crippen LogP contribution < -0.4 is 20.9 Å². The van der Waals surface area contributed by atoms with E-state index in [0.29, 0.717) is 0 Å². The number of aliphatic hydroxyl groups is 1. The molecular formula is C23H30N3O10P. The summed E-state index contributed by atoms with van der Waals surface area (Å²) in [5, 5.41) is 13.7. The highest BCUT2D eigenvalue weighted by molar-refractivity contribution is 7.52. The van der Waals surface area contributed by atoms with Crippen molar-refractivity contribution >= 4 is 13.7 Å². The van der Waals surface area contributed by atoms with E-state index in [1.165, 1.54) is 13.1 Å². The highest BCUT2D eigenvalue weighted by Crippen LogP contribution is 2.54. The van der Waals surface area contributed by atoms with Gasteiger partial charge in [0.2, 0.25) is 0 Å². The number of carbonyl (C=O) groups is 1. The molecule has 6 atom stereocenters. The van der Waals surface area contributed by atoms with Crippen molar-refractivity contribution in [2.75, 3.05) is 13.2 Å². The number of para-hydroxylation sites is 1. The number of aliphatic hydroxyl groups excluding tert-OH is 1. The standard InChI is InChI=1S/C23H30N3O10P/c1-14(2)34-18(28)15(3)25-37(31,36-16-8-6-5-7-9-16)33-13-23-12-32-22(4,19(23)29)20(35-23)26-11-10-17(27)24-21(26)30/h5-11,14-15,19-20,29H,12-13H2,1-4H3,(H,25,31)(H,24,27,30)/t15-,19+,20-,22-,23-,37?/m1/s1. The van der Waals surface area contributed by atoms with Crippen molar-refractivity contribution in [3.8, 4) is 5.75 Å². The Morgan fingerprint density at radius 2 is 1.97 bits per heavy atom. The molecule has 0 radical (unpaired) electrons. The van der Waals surface area contributed by atoms with Gasteiger partial charge in [-0.25, -0.2) is 9.36 Å². The summed E-state index contributed by atoms with van der Waals surface area (Å²) in [7, 11) is -4.25. The SMILES string of the molecule is CC(C)OC(=O)[C@@H](C)NP(=O)(OC[C@]12CO[C@](C)([C@@H]1O)[C@H](n1ccc(=O)[nH]c1=O)O2)Oc1ccccc1. The van der Waals surface area contributed by atoms with Crippen molar-refractivity contribution in [3.63, 3.8) is 0 Å². The summed E-state index contributed by atoms with van der Waals surface area (Å²) in [5.41, 5.74) is -4.26. The Morgan fingerprint density at radius 3 is 2.62 bits per heavy atom. The minimum atomic E-state index is -4.25. The summed E-state index contributed by atoms with van der Waals surface area (Å²) in [4.78, 5) is 38.4. The highest BCUT2D eigenvalue weighted by atomic mass is 31.2. The fourth-order valence-corrected chi connectivity index (χ4v) is 5.78. The van der Waals surface area contributed by atoms with E-state index >= 15 is 0 Å². The van der Waals surface area contributed by atoms with E-state index in [2.05, 4.69) is 10.1 Å². The first kappa shape index (κ1) is 27.2. The maximum absolute atomic E-state index is 13.8. The maximum Gasteiger partial charge on any atom is 0.459 e. The molecule has 13 nitrogen and oxygen atoms in total. The third kappa shape index (κ3) is 5.42. The van der Waals surface area contributed by atoms with E-state index < -0.39 is 67.3 Å².